The van der Waals surface area contributed by atoms with E-state index in [4.69, 9.17) is 11.6 Å². The van der Waals surface area contributed by atoms with Crippen molar-refractivity contribution < 1.29 is 4.79 Å². The van der Waals surface area contributed by atoms with Gasteiger partial charge in [0.05, 0.1) is 6.54 Å². The second-order valence-corrected chi connectivity index (χ2v) is 8.19. The number of carbonyl (C=O) groups excluding carboxylic acids is 1. The first-order valence-electron chi connectivity index (χ1n) is 9.75. The molecular weight excluding hydrogens is 392 g/mol. The average Bonchev–Trinajstić information content (AvgIpc) is 3.16. The quantitative estimate of drug-likeness (QED) is 0.534. The average molecular weight is 419 g/mol. The number of hydrogen-bond donors (Lipinski definition) is 2. The lowest BCUT2D eigenvalue weighted by Crippen LogP contribution is -2.39. The number of fused-ring (bicyclic) bond motifs is 1. The highest BCUT2D eigenvalue weighted by Gasteiger charge is 2.20. The minimum absolute atomic E-state index is 0.176. The number of halogens is 1. The number of nitrogens with zero attached hydrogens (tertiary/aromatic N) is 2. The van der Waals surface area contributed by atoms with Crippen LogP contribution >= 0.6 is 22.9 Å². The van der Waals surface area contributed by atoms with Crippen molar-refractivity contribution in [2.45, 2.75) is 32.7 Å². The van der Waals surface area contributed by atoms with Gasteiger partial charge in [0.1, 0.15) is 0 Å². The van der Waals surface area contributed by atoms with Crippen LogP contribution in [0.5, 0.6) is 0 Å². The van der Waals surface area contributed by atoms with E-state index in [2.05, 4.69) is 33.1 Å². The van der Waals surface area contributed by atoms with E-state index in [0.717, 1.165) is 50.0 Å². The number of hydrogen-bond acceptors (Lipinski definition) is 3. The molecule has 0 aliphatic carbocycles. The van der Waals surface area contributed by atoms with Gasteiger partial charge in [0, 0.05) is 42.5 Å². The Kier molecular flexibility index (Phi) is 7.74. The van der Waals surface area contributed by atoms with E-state index in [-0.39, 0.29) is 5.91 Å². The van der Waals surface area contributed by atoms with Crippen LogP contribution in [0.25, 0.3) is 0 Å². The zero-order valence-electron chi connectivity index (χ0n) is 16.2. The summed E-state index contributed by atoms with van der Waals surface area (Å²) in [5.74, 6) is 0.923. The smallest absolute Gasteiger partial charge is 0.224 e. The first-order valence-corrected chi connectivity index (χ1v) is 11.0. The third-order valence-corrected chi connectivity index (χ3v) is 5.95. The van der Waals surface area contributed by atoms with Gasteiger partial charge < -0.3 is 15.5 Å². The number of guanidine groups is 1. The van der Waals surface area contributed by atoms with Gasteiger partial charge in [-0.25, -0.2) is 0 Å². The Morgan fingerprint density at radius 1 is 1.32 bits per heavy atom. The largest absolute Gasteiger partial charge is 0.357 e. The van der Waals surface area contributed by atoms with Crippen LogP contribution < -0.4 is 10.6 Å². The van der Waals surface area contributed by atoms with Crippen molar-refractivity contribution in [1.82, 2.24) is 15.5 Å². The van der Waals surface area contributed by atoms with E-state index in [1.54, 1.807) is 11.3 Å². The molecule has 2 N–H and O–H groups in total. The highest BCUT2D eigenvalue weighted by atomic mass is 35.5. The van der Waals surface area contributed by atoms with Crippen molar-refractivity contribution in [2.24, 2.45) is 4.99 Å². The van der Waals surface area contributed by atoms with Crippen LogP contribution in [-0.2, 0) is 24.2 Å². The zero-order chi connectivity index (χ0) is 19.8. The molecule has 0 atom stereocenters. The lowest BCUT2D eigenvalue weighted by atomic mass is 10.1. The molecule has 0 spiro atoms. The molecule has 3 rings (SSSR count). The molecule has 2 aromatic rings. The number of thiophene rings is 1. The van der Waals surface area contributed by atoms with Crippen molar-refractivity contribution in [1.29, 1.82) is 0 Å². The molecule has 0 bridgehead atoms. The van der Waals surface area contributed by atoms with Crippen molar-refractivity contribution >= 4 is 34.8 Å². The highest BCUT2D eigenvalue weighted by molar-refractivity contribution is 7.10. The van der Waals surface area contributed by atoms with E-state index in [1.165, 1.54) is 16.0 Å². The van der Waals surface area contributed by atoms with Gasteiger partial charge in [-0.15, -0.1) is 11.3 Å². The molecule has 1 aromatic carbocycles. The first kappa shape index (κ1) is 20.7. The van der Waals surface area contributed by atoms with Crippen LogP contribution in [-0.4, -0.2) is 42.9 Å². The fourth-order valence-corrected chi connectivity index (χ4v) is 4.34. The Morgan fingerprint density at radius 2 is 2.21 bits per heavy atom. The van der Waals surface area contributed by atoms with Crippen molar-refractivity contribution in [3.8, 4) is 0 Å². The summed E-state index contributed by atoms with van der Waals surface area (Å²) in [4.78, 5) is 20.4. The molecule has 150 valence electrons. The van der Waals surface area contributed by atoms with Crippen LogP contribution in [0.2, 0.25) is 5.02 Å². The maximum Gasteiger partial charge on any atom is 0.224 e. The summed E-state index contributed by atoms with van der Waals surface area (Å²) in [6.45, 7) is 5.61. The number of carbonyl (C=O) groups is 1. The Hall–Kier alpha value is -2.05. The summed E-state index contributed by atoms with van der Waals surface area (Å²) >= 11 is 7.82. The second kappa shape index (κ2) is 10.5. The van der Waals surface area contributed by atoms with E-state index in [9.17, 15) is 4.79 Å². The molecule has 0 unspecified atom stereocenters. The van der Waals surface area contributed by atoms with Crippen molar-refractivity contribution in [2.75, 3.05) is 26.2 Å². The van der Waals surface area contributed by atoms with Gasteiger partial charge in [-0.05, 0) is 54.5 Å². The predicted molar refractivity (Wildman–Crippen MR) is 117 cm³/mol. The number of nitrogens with one attached hydrogen (secondary N) is 2. The van der Waals surface area contributed by atoms with Crippen LogP contribution in [0.3, 0.4) is 0 Å². The van der Waals surface area contributed by atoms with E-state index < -0.39 is 0 Å². The third kappa shape index (κ3) is 5.97. The van der Waals surface area contributed by atoms with E-state index in [0.29, 0.717) is 13.0 Å². The summed E-state index contributed by atoms with van der Waals surface area (Å²) in [6.07, 6.45) is 2.26. The van der Waals surface area contributed by atoms with Crippen LogP contribution in [0.4, 0.5) is 0 Å². The molecule has 28 heavy (non-hydrogen) atoms. The predicted octanol–water partition coefficient (Wildman–Crippen LogP) is 3.47. The van der Waals surface area contributed by atoms with Gasteiger partial charge in [0.15, 0.2) is 5.96 Å². The number of rotatable bonds is 7. The van der Waals surface area contributed by atoms with Crippen molar-refractivity contribution in [3.05, 3.63) is 56.7 Å². The molecule has 0 fully saturated rings. The number of aliphatic imine (C=N–C) groups is 1. The van der Waals surface area contributed by atoms with E-state index in [1.807, 2.05) is 30.0 Å². The van der Waals surface area contributed by atoms with Gasteiger partial charge in [0.25, 0.3) is 0 Å². The van der Waals surface area contributed by atoms with Gasteiger partial charge in [-0.2, -0.15) is 0 Å². The highest BCUT2D eigenvalue weighted by Crippen LogP contribution is 2.24. The Morgan fingerprint density at radius 3 is 3.04 bits per heavy atom. The fourth-order valence-electron chi connectivity index (χ4n) is 3.24. The molecule has 1 aliphatic heterocycles. The van der Waals surface area contributed by atoms with Gasteiger partial charge in [0.2, 0.25) is 5.91 Å². The Balaban J connectivity index is 1.44. The summed E-state index contributed by atoms with van der Waals surface area (Å²) in [5, 5.41) is 9.42. The first-order chi connectivity index (χ1) is 13.7. The normalized spacial score (nSPS) is 13.9. The molecule has 0 radical (unpaired) electrons. The monoisotopic (exact) mass is 418 g/mol. The molecule has 1 aliphatic rings. The molecule has 1 aromatic heterocycles. The molecule has 0 saturated heterocycles. The maximum absolute atomic E-state index is 12.5. The van der Waals surface area contributed by atoms with Crippen LogP contribution in [0.1, 0.15) is 29.3 Å². The number of benzene rings is 1. The molecule has 5 nitrogen and oxygen atoms in total. The summed E-state index contributed by atoms with van der Waals surface area (Å²) in [6, 6.07) is 10.0. The maximum atomic E-state index is 12.5. The Bertz CT molecular complexity index is 820. The van der Waals surface area contributed by atoms with Gasteiger partial charge >= 0.3 is 0 Å². The summed E-state index contributed by atoms with van der Waals surface area (Å²) in [5.41, 5.74) is 2.48. The number of amides is 1. The fraction of sp³-hybridized carbons (Fsp3) is 0.429. The summed E-state index contributed by atoms with van der Waals surface area (Å²) in [7, 11) is 0. The standard InChI is InChI=1S/C21H27ClN4OS/c1-2-23-21(24-10-6-16-4-3-5-18(22)14-16)25-11-7-20(27)26-12-8-19-17(15-26)9-13-28-19/h3-5,9,13-14H,2,6-8,10-12,15H2,1H3,(H2,23,24,25). The minimum Gasteiger partial charge on any atom is -0.357 e. The van der Waals surface area contributed by atoms with Gasteiger partial charge in [-0.1, -0.05) is 23.7 Å². The second-order valence-electron chi connectivity index (χ2n) is 6.75. The molecule has 7 heteroatoms. The third-order valence-electron chi connectivity index (χ3n) is 4.70. The molecule has 0 saturated carbocycles. The van der Waals surface area contributed by atoms with E-state index >= 15 is 0 Å². The molecular formula is C21H27ClN4OS. The molecule has 1 amide bonds. The topological polar surface area (TPSA) is 56.7 Å². The van der Waals surface area contributed by atoms with Gasteiger partial charge in [-0.3, -0.25) is 9.79 Å². The minimum atomic E-state index is 0.176. The van der Waals surface area contributed by atoms with Crippen LogP contribution in [0, 0.1) is 0 Å². The van der Waals surface area contributed by atoms with Crippen LogP contribution in [0.15, 0.2) is 40.7 Å². The zero-order valence-corrected chi connectivity index (χ0v) is 17.8. The summed E-state index contributed by atoms with van der Waals surface area (Å²) < 4.78 is 0. The molecule has 2 heterocycles. The lowest BCUT2D eigenvalue weighted by molar-refractivity contribution is -0.131. The SMILES string of the molecule is CCNC(=NCCC(=O)N1CCc2sccc2C1)NCCc1cccc(Cl)c1. The van der Waals surface area contributed by atoms with Crippen molar-refractivity contribution in [3.63, 3.8) is 0 Å². The lowest BCUT2D eigenvalue weighted by Gasteiger charge is -2.26. The Labute approximate surface area is 175 Å².